The summed E-state index contributed by atoms with van der Waals surface area (Å²) in [5, 5.41) is 0. The summed E-state index contributed by atoms with van der Waals surface area (Å²) in [6.45, 7) is 5.97. The number of ether oxygens (including phenoxy) is 2. The van der Waals surface area contributed by atoms with Gasteiger partial charge in [-0.1, -0.05) is 6.92 Å². The second-order valence-electron chi connectivity index (χ2n) is 4.26. The molecule has 0 radical (unpaired) electrons. The number of halogens is 1. The van der Waals surface area contributed by atoms with E-state index in [1.54, 1.807) is 19.1 Å². The van der Waals surface area contributed by atoms with Gasteiger partial charge in [0.05, 0.1) is 19.1 Å². The fraction of sp³-hybridized carbons (Fsp3) is 0.500. The van der Waals surface area contributed by atoms with Gasteiger partial charge in [0.15, 0.2) is 0 Å². The molecule has 0 spiro atoms. The van der Waals surface area contributed by atoms with Crippen molar-refractivity contribution >= 4 is 5.97 Å². The van der Waals surface area contributed by atoms with Crippen molar-refractivity contribution < 1.29 is 18.7 Å². The first-order chi connectivity index (χ1) is 8.52. The van der Waals surface area contributed by atoms with Crippen molar-refractivity contribution in [2.24, 2.45) is 5.92 Å². The molecule has 2 atom stereocenters. The Balaban J connectivity index is 2.46. The molecule has 0 aliphatic heterocycles. The lowest BCUT2D eigenvalue weighted by atomic mass is 10.0. The van der Waals surface area contributed by atoms with Crippen LogP contribution < -0.4 is 4.74 Å². The lowest BCUT2D eigenvalue weighted by Crippen LogP contribution is -2.24. The van der Waals surface area contributed by atoms with Crippen molar-refractivity contribution in [1.82, 2.24) is 0 Å². The highest BCUT2D eigenvalue weighted by molar-refractivity contribution is 5.69. The monoisotopic (exact) mass is 254 g/mol. The number of carbonyl (C=O) groups excluding carboxylic acids is 1. The van der Waals surface area contributed by atoms with E-state index < -0.39 is 0 Å². The van der Waals surface area contributed by atoms with Crippen LogP contribution >= 0.6 is 0 Å². The third kappa shape index (κ3) is 4.73. The highest BCUT2D eigenvalue weighted by atomic mass is 19.1. The van der Waals surface area contributed by atoms with Gasteiger partial charge in [-0.2, -0.15) is 0 Å². The summed E-state index contributed by atoms with van der Waals surface area (Å²) in [6.07, 6.45) is 0.177. The van der Waals surface area contributed by atoms with E-state index in [4.69, 9.17) is 9.47 Å². The highest BCUT2D eigenvalue weighted by Gasteiger charge is 2.18. The molecule has 3 nitrogen and oxygen atoms in total. The van der Waals surface area contributed by atoms with E-state index in [0.717, 1.165) is 0 Å². The standard InChI is InChI=1S/C14H19FO3/c1-4-17-14(16)9-10(2)11(3)18-13-7-5-12(15)6-8-13/h5-8,10-11H,4,9H2,1-3H3/t10-,11-/m1/s1. The summed E-state index contributed by atoms with van der Waals surface area (Å²) in [5.41, 5.74) is 0. The van der Waals surface area contributed by atoms with Gasteiger partial charge in [-0.15, -0.1) is 0 Å². The molecule has 0 fully saturated rings. The number of esters is 1. The third-order valence-corrected chi connectivity index (χ3v) is 2.73. The zero-order valence-corrected chi connectivity index (χ0v) is 11.0. The van der Waals surface area contributed by atoms with Gasteiger partial charge in [-0.05, 0) is 38.1 Å². The van der Waals surface area contributed by atoms with Gasteiger partial charge in [-0.3, -0.25) is 4.79 Å². The molecule has 4 heteroatoms. The van der Waals surface area contributed by atoms with Crippen LogP contribution in [0, 0.1) is 11.7 Å². The SMILES string of the molecule is CCOC(=O)C[C@@H](C)[C@@H](C)Oc1ccc(F)cc1. The Morgan fingerprint density at radius 2 is 1.89 bits per heavy atom. The lowest BCUT2D eigenvalue weighted by Gasteiger charge is -2.20. The smallest absolute Gasteiger partial charge is 0.306 e. The van der Waals surface area contributed by atoms with Gasteiger partial charge in [-0.25, -0.2) is 4.39 Å². The van der Waals surface area contributed by atoms with E-state index >= 15 is 0 Å². The van der Waals surface area contributed by atoms with E-state index in [1.807, 2.05) is 13.8 Å². The molecular formula is C14H19FO3. The Labute approximate surface area is 107 Å². The normalized spacial score (nSPS) is 13.8. The van der Waals surface area contributed by atoms with Crippen molar-refractivity contribution in [1.29, 1.82) is 0 Å². The van der Waals surface area contributed by atoms with E-state index in [1.165, 1.54) is 12.1 Å². The molecule has 0 aliphatic rings. The van der Waals surface area contributed by atoms with Crippen LogP contribution in [0.15, 0.2) is 24.3 Å². The topological polar surface area (TPSA) is 35.5 Å². The number of benzene rings is 1. The van der Waals surface area contributed by atoms with E-state index in [2.05, 4.69) is 0 Å². The minimum Gasteiger partial charge on any atom is -0.490 e. The molecule has 0 saturated carbocycles. The van der Waals surface area contributed by atoms with Crippen LogP contribution in [0.1, 0.15) is 27.2 Å². The van der Waals surface area contributed by atoms with Crippen LogP contribution in [0.3, 0.4) is 0 Å². The Morgan fingerprint density at radius 1 is 1.28 bits per heavy atom. The quantitative estimate of drug-likeness (QED) is 0.731. The molecule has 0 aliphatic carbocycles. The minimum absolute atomic E-state index is 0.0362. The Kier molecular flexibility index (Phi) is 5.62. The fourth-order valence-corrected chi connectivity index (χ4v) is 1.49. The fourth-order valence-electron chi connectivity index (χ4n) is 1.49. The maximum Gasteiger partial charge on any atom is 0.306 e. The van der Waals surface area contributed by atoms with E-state index in [0.29, 0.717) is 18.8 Å². The number of hydrogen-bond donors (Lipinski definition) is 0. The molecule has 0 unspecified atom stereocenters. The number of rotatable bonds is 6. The molecule has 0 saturated heterocycles. The number of carbonyl (C=O) groups is 1. The third-order valence-electron chi connectivity index (χ3n) is 2.73. The van der Waals surface area contributed by atoms with Gasteiger partial charge in [0.1, 0.15) is 11.6 Å². The van der Waals surface area contributed by atoms with Crippen molar-refractivity contribution in [3.05, 3.63) is 30.1 Å². The lowest BCUT2D eigenvalue weighted by molar-refractivity contribution is -0.144. The van der Waals surface area contributed by atoms with Crippen LogP contribution in [0.4, 0.5) is 4.39 Å². The number of hydrogen-bond acceptors (Lipinski definition) is 3. The Hall–Kier alpha value is -1.58. The second kappa shape index (κ2) is 6.99. The molecule has 0 amide bonds. The predicted molar refractivity (Wildman–Crippen MR) is 66.9 cm³/mol. The maximum absolute atomic E-state index is 12.7. The Morgan fingerprint density at radius 3 is 2.44 bits per heavy atom. The summed E-state index contributed by atoms with van der Waals surface area (Å²) < 4.78 is 23.2. The summed E-state index contributed by atoms with van der Waals surface area (Å²) in [6, 6.07) is 5.84. The van der Waals surface area contributed by atoms with Gasteiger partial charge in [0.2, 0.25) is 0 Å². The molecular weight excluding hydrogens is 235 g/mol. The van der Waals surface area contributed by atoms with Crippen molar-refractivity contribution in [3.8, 4) is 5.75 Å². The van der Waals surface area contributed by atoms with Crippen molar-refractivity contribution in [3.63, 3.8) is 0 Å². The summed E-state index contributed by atoms with van der Waals surface area (Å²) in [4.78, 5) is 11.3. The van der Waals surface area contributed by atoms with Crippen LogP contribution in [0.2, 0.25) is 0 Å². The average Bonchev–Trinajstić information content (AvgIpc) is 2.32. The largest absolute Gasteiger partial charge is 0.490 e. The van der Waals surface area contributed by atoms with Crippen LogP contribution in [0.5, 0.6) is 5.75 Å². The van der Waals surface area contributed by atoms with Crippen LogP contribution in [-0.4, -0.2) is 18.7 Å². The molecule has 1 aromatic carbocycles. The van der Waals surface area contributed by atoms with Crippen LogP contribution in [-0.2, 0) is 9.53 Å². The van der Waals surface area contributed by atoms with E-state index in [-0.39, 0.29) is 23.8 Å². The highest BCUT2D eigenvalue weighted by Crippen LogP contribution is 2.18. The predicted octanol–water partition coefficient (Wildman–Crippen LogP) is 3.18. The molecule has 0 heterocycles. The summed E-state index contributed by atoms with van der Waals surface area (Å²) in [7, 11) is 0. The summed E-state index contributed by atoms with van der Waals surface area (Å²) >= 11 is 0. The first kappa shape index (κ1) is 14.5. The van der Waals surface area contributed by atoms with Gasteiger partial charge in [0, 0.05) is 5.92 Å². The molecule has 0 N–H and O–H groups in total. The first-order valence-corrected chi connectivity index (χ1v) is 6.10. The summed E-state index contributed by atoms with van der Waals surface area (Å²) in [5.74, 6) is 0.114. The Bertz CT molecular complexity index is 375. The van der Waals surface area contributed by atoms with Gasteiger partial charge < -0.3 is 9.47 Å². The first-order valence-electron chi connectivity index (χ1n) is 6.10. The van der Waals surface area contributed by atoms with Crippen molar-refractivity contribution in [2.75, 3.05) is 6.61 Å². The molecule has 1 aromatic rings. The van der Waals surface area contributed by atoms with Gasteiger partial charge in [0.25, 0.3) is 0 Å². The van der Waals surface area contributed by atoms with Gasteiger partial charge >= 0.3 is 5.97 Å². The van der Waals surface area contributed by atoms with Crippen LogP contribution in [0.25, 0.3) is 0 Å². The zero-order valence-electron chi connectivity index (χ0n) is 11.0. The molecule has 0 bridgehead atoms. The molecule has 18 heavy (non-hydrogen) atoms. The molecule has 1 rings (SSSR count). The van der Waals surface area contributed by atoms with Crippen molar-refractivity contribution in [2.45, 2.75) is 33.3 Å². The van der Waals surface area contributed by atoms with E-state index in [9.17, 15) is 9.18 Å². The molecule has 0 aromatic heterocycles. The second-order valence-corrected chi connectivity index (χ2v) is 4.26. The maximum atomic E-state index is 12.7. The zero-order chi connectivity index (χ0) is 13.5. The minimum atomic E-state index is -0.297. The average molecular weight is 254 g/mol. The molecule has 100 valence electrons.